The van der Waals surface area contributed by atoms with Crippen LogP contribution < -0.4 is 5.14 Å². The summed E-state index contributed by atoms with van der Waals surface area (Å²) >= 11 is 1.45. The second-order valence-corrected chi connectivity index (χ2v) is 3.24. The summed E-state index contributed by atoms with van der Waals surface area (Å²) in [6.07, 6.45) is 1.37. The van der Waals surface area contributed by atoms with Crippen molar-refractivity contribution in [2.75, 3.05) is 18.8 Å². The first-order chi connectivity index (χ1) is 4.34. The molecule has 0 aromatic heterocycles. The zero-order valence-electron chi connectivity index (χ0n) is 5.84. The quantitative estimate of drug-likeness (QED) is 0.594. The summed E-state index contributed by atoms with van der Waals surface area (Å²) in [5, 5.41) is 5.34. The molecule has 0 aliphatic carbocycles. The number of nitrogens with zero attached hydrogens (tertiary/aromatic N) is 1. The van der Waals surface area contributed by atoms with Crippen molar-refractivity contribution in [3.63, 3.8) is 0 Å². The summed E-state index contributed by atoms with van der Waals surface area (Å²) in [4.78, 5) is 2.46. The van der Waals surface area contributed by atoms with Gasteiger partial charge in [-0.2, -0.15) is 0 Å². The normalized spacial score (nSPS) is 23.3. The minimum Gasteiger partial charge on any atom is -0.300 e. The molecule has 1 aliphatic heterocycles. The second kappa shape index (κ2) is 3.44. The molecule has 1 heterocycles. The minimum absolute atomic E-state index is 0.689. The molecule has 0 radical (unpaired) electrons. The lowest BCUT2D eigenvalue weighted by Crippen LogP contribution is -2.44. The Bertz CT molecular complexity index is 83.1. The van der Waals surface area contributed by atoms with Crippen LogP contribution >= 0.6 is 11.9 Å². The molecule has 2 N–H and O–H groups in total. The van der Waals surface area contributed by atoms with Gasteiger partial charge >= 0.3 is 0 Å². The Morgan fingerprint density at radius 3 is 2.67 bits per heavy atom. The van der Waals surface area contributed by atoms with E-state index in [9.17, 15) is 0 Å². The third kappa shape index (κ3) is 1.85. The topological polar surface area (TPSA) is 29.3 Å². The summed E-state index contributed by atoms with van der Waals surface area (Å²) in [7, 11) is 0. The van der Waals surface area contributed by atoms with Crippen LogP contribution in [0.5, 0.6) is 0 Å². The van der Waals surface area contributed by atoms with Gasteiger partial charge in [-0.15, -0.1) is 0 Å². The lowest BCUT2D eigenvalue weighted by molar-refractivity contribution is 0.141. The van der Waals surface area contributed by atoms with Crippen LogP contribution in [0.15, 0.2) is 0 Å². The highest BCUT2D eigenvalue weighted by Gasteiger charge is 2.18. The maximum atomic E-state index is 5.34. The van der Waals surface area contributed by atoms with Crippen molar-refractivity contribution < 1.29 is 0 Å². The average Bonchev–Trinajstić information content (AvgIpc) is 1.60. The highest BCUT2D eigenvalue weighted by molar-refractivity contribution is 7.97. The third-order valence-corrected chi connectivity index (χ3v) is 2.53. The Morgan fingerprint density at radius 2 is 2.33 bits per heavy atom. The molecule has 9 heavy (non-hydrogen) atoms. The molecule has 54 valence electrons. The van der Waals surface area contributed by atoms with Gasteiger partial charge in [0.05, 0.1) is 0 Å². The van der Waals surface area contributed by atoms with Crippen LogP contribution in [-0.4, -0.2) is 29.8 Å². The van der Waals surface area contributed by atoms with E-state index in [0.717, 1.165) is 5.75 Å². The standard InChI is InChI=1S/C6H14N2S/c1-6(5-9-7)8-3-2-4-8/h6H,2-5,7H2,1H3. The summed E-state index contributed by atoms with van der Waals surface area (Å²) < 4.78 is 0. The van der Waals surface area contributed by atoms with Crippen molar-refractivity contribution in [1.29, 1.82) is 0 Å². The number of hydrogen-bond acceptors (Lipinski definition) is 3. The Kier molecular flexibility index (Phi) is 2.82. The molecule has 0 bridgehead atoms. The van der Waals surface area contributed by atoms with E-state index in [4.69, 9.17) is 5.14 Å². The molecule has 1 atom stereocenters. The van der Waals surface area contributed by atoms with Gasteiger partial charge in [-0.05, 0) is 26.4 Å². The van der Waals surface area contributed by atoms with Crippen molar-refractivity contribution in [3.05, 3.63) is 0 Å². The lowest BCUT2D eigenvalue weighted by Gasteiger charge is -2.35. The van der Waals surface area contributed by atoms with E-state index < -0.39 is 0 Å². The lowest BCUT2D eigenvalue weighted by atomic mass is 10.2. The van der Waals surface area contributed by atoms with Gasteiger partial charge in [-0.1, -0.05) is 11.9 Å². The molecular weight excluding hydrogens is 132 g/mol. The fraction of sp³-hybridized carbons (Fsp3) is 1.00. The van der Waals surface area contributed by atoms with Crippen LogP contribution in [0.25, 0.3) is 0 Å². The van der Waals surface area contributed by atoms with Crippen molar-refractivity contribution in [1.82, 2.24) is 4.90 Å². The van der Waals surface area contributed by atoms with Gasteiger partial charge in [0.1, 0.15) is 0 Å². The Labute approximate surface area is 60.9 Å². The van der Waals surface area contributed by atoms with E-state index in [1.165, 1.54) is 31.5 Å². The fourth-order valence-electron chi connectivity index (χ4n) is 1.03. The highest BCUT2D eigenvalue weighted by Crippen LogP contribution is 2.12. The molecule has 0 spiro atoms. The molecule has 1 unspecified atom stereocenters. The maximum Gasteiger partial charge on any atom is 0.0230 e. The largest absolute Gasteiger partial charge is 0.300 e. The number of nitrogens with two attached hydrogens (primary N) is 1. The van der Waals surface area contributed by atoms with Gasteiger partial charge in [0.2, 0.25) is 0 Å². The van der Waals surface area contributed by atoms with Gasteiger partial charge < -0.3 is 0 Å². The maximum absolute atomic E-state index is 5.34. The van der Waals surface area contributed by atoms with Gasteiger partial charge in [-0.3, -0.25) is 10.0 Å². The number of rotatable bonds is 3. The summed E-state index contributed by atoms with van der Waals surface area (Å²) in [6.45, 7) is 4.79. The molecule has 1 saturated heterocycles. The van der Waals surface area contributed by atoms with E-state index in [0.29, 0.717) is 6.04 Å². The number of hydrogen-bond donors (Lipinski definition) is 1. The summed E-state index contributed by atoms with van der Waals surface area (Å²) in [6, 6.07) is 0.689. The predicted octanol–water partition coefficient (Wildman–Crippen LogP) is 0.688. The highest BCUT2D eigenvalue weighted by atomic mass is 32.2. The van der Waals surface area contributed by atoms with Crippen LogP contribution in [0.3, 0.4) is 0 Å². The zero-order chi connectivity index (χ0) is 6.69. The Morgan fingerprint density at radius 1 is 1.67 bits per heavy atom. The van der Waals surface area contributed by atoms with E-state index in [-0.39, 0.29) is 0 Å². The monoisotopic (exact) mass is 146 g/mol. The van der Waals surface area contributed by atoms with Crippen LogP contribution in [0, 0.1) is 0 Å². The van der Waals surface area contributed by atoms with Crippen LogP contribution in [0.1, 0.15) is 13.3 Å². The average molecular weight is 146 g/mol. The molecule has 0 saturated carbocycles. The molecule has 1 aliphatic rings. The predicted molar refractivity (Wildman–Crippen MR) is 42.3 cm³/mol. The second-order valence-electron chi connectivity index (χ2n) is 2.57. The van der Waals surface area contributed by atoms with E-state index >= 15 is 0 Å². The first-order valence-corrected chi connectivity index (χ1v) is 4.45. The molecule has 2 nitrogen and oxygen atoms in total. The molecule has 1 fully saturated rings. The molecule has 0 amide bonds. The molecule has 3 heteroatoms. The van der Waals surface area contributed by atoms with E-state index in [2.05, 4.69) is 11.8 Å². The summed E-state index contributed by atoms with van der Waals surface area (Å²) in [5.41, 5.74) is 0. The third-order valence-electron chi connectivity index (χ3n) is 1.85. The zero-order valence-corrected chi connectivity index (χ0v) is 6.66. The first kappa shape index (κ1) is 7.38. The Hall–Kier alpha value is 0.270. The van der Waals surface area contributed by atoms with Crippen molar-refractivity contribution >= 4 is 11.9 Å². The molecule has 0 aromatic rings. The van der Waals surface area contributed by atoms with Crippen LogP contribution in [-0.2, 0) is 0 Å². The molecule has 1 rings (SSSR count). The van der Waals surface area contributed by atoms with Crippen LogP contribution in [0.2, 0.25) is 0 Å². The van der Waals surface area contributed by atoms with Gasteiger partial charge in [0.15, 0.2) is 0 Å². The van der Waals surface area contributed by atoms with Gasteiger partial charge in [-0.25, -0.2) is 0 Å². The van der Waals surface area contributed by atoms with E-state index in [1.807, 2.05) is 0 Å². The van der Waals surface area contributed by atoms with E-state index in [1.54, 1.807) is 0 Å². The molecule has 0 aromatic carbocycles. The molecular formula is C6H14N2S. The SMILES string of the molecule is CC(CSN)N1CCC1. The van der Waals surface area contributed by atoms with Gasteiger partial charge in [0, 0.05) is 11.8 Å². The van der Waals surface area contributed by atoms with Crippen molar-refractivity contribution in [2.24, 2.45) is 5.14 Å². The van der Waals surface area contributed by atoms with Gasteiger partial charge in [0.25, 0.3) is 0 Å². The number of likely N-dealkylation sites (tertiary alicyclic amines) is 1. The smallest absolute Gasteiger partial charge is 0.0230 e. The fourth-order valence-corrected chi connectivity index (χ4v) is 1.52. The van der Waals surface area contributed by atoms with Crippen LogP contribution in [0.4, 0.5) is 0 Å². The summed E-state index contributed by atoms with van der Waals surface area (Å²) in [5.74, 6) is 1.07. The first-order valence-electron chi connectivity index (χ1n) is 3.40. The van der Waals surface area contributed by atoms with Crippen molar-refractivity contribution in [2.45, 2.75) is 19.4 Å². The minimum atomic E-state index is 0.689. The van der Waals surface area contributed by atoms with Crippen molar-refractivity contribution in [3.8, 4) is 0 Å². The Balaban J connectivity index is 2.08.